The van der Waals surface area contributed by atoms with Gasteiger partial charge >= 0.3 is 0 Å². The predicted octanol–water partition coefficient (Wildman–Crippen LogP) is 2.37. The van der Waals surface area contributed by atoms with Crippen LogP contribution in [0.25, 0.3) is 5.69 Å². The van der Waals surface area contributed by atoms with Gasteiger partial charge in [-0.1, -0.05) is 12.1 Å². The highest BCUT2D eigenvalue weighted by atomic mass is 16.5. The molecule has 3 heterocycles. The number of methoxy groups -OCH3 is 1. The molecule has 0 saturated carbocycles. The van der Waals surface area contributed by atoms with Crippen molar-refractivity contribution in [3.8, 4) is 5.69 Å². The average molecular weight is 311 g/mol. The smallest absolute Gasteiger partial charge is 0.248 e. The summed E-state index contributed by atoms with van der Waals surface area (Å²) in [5.41, 5.74) is 3.54. The van der Waals surface area contributed by atoms with Gasteiger partial charge in [-0.3, -0.25) is 4.79 Å². The van der Waals surface area contributed by atoms with Crippen molar-refractivity contribution in [1.29, 1.82) is 0 Å². The molecule has 120 valence electrons. The van der Waals surface area contributed by atoms with Gasteiger partial charge in [-0.25, -0.2) is 0 Å². The van der Waals surface area contributed by atoms with E-state index < -0.39 is 0 Å². The van der Waals surface area contributed by atoms with Crippen molar-refractivity contribution < 1.29 is 9.53 Å². The molecule has 0 unspecified atom stereocenters. The second-order valence-corrected chi connectivity index (χ2v) is 6.30. The second-order valence-electron chi connectivity index (χ2n) is 6.30. The van der Waals surface area contributed by atoms with Crippen LogP contribution in [0.5, 0.6) is 0 Å². The number of benzene rings is 1. The van der Waals surface area contributed by atoms with Crippen LogP contribution >= 0.6 is 0 Å². The van der Waals surface area contributed by atoms with Crippen molar-refractivity contribution in [2.75, 3.05) is 32.1 Å². The first kappa shape index (κ1) is 14.3. The highest BCUT2D eigenvalue weighted by Crippen LogP contribution is 2.43. The molecule has 2 aromatic rings. The number of hydrogen-bond donors (Lipinski definition) is 1. The van der Waals surface area contributed by atoms with Crippen LogP contribution in [0.3, 0.4) is 0 Å². The first-order valence-electron chi connectivity index (χ1n) is 8.06. The summed E-state index contributed by atoms with van der Waals surface area (Å²) >= 11 is 0. The van der Waals surface area contributed by atoms with Crippen molar-refractivity contribution >= 4 is 11.6 Å². The molecule has 2 aliphatic rings. The van der Waals surface area contributed by atoms with Gasteiger partial charge in [-0.05, 0) is 37.1 Å². The van der Waals surface area contributed by atoms with E-state index in [2.05, 4.69) is 52.5 Å². The fraction of sp³-hybridized carbons (Fsp3) is 0.389. The van der Waals surface area contributed by atoms with Crippen LogP contribution in [0.4, 0.5) is 5.69 Å². The Morgan fingerprint density at radius 2 is 2.00 bits per heavy atom. The molecule has 1 fully saturated rings. The number of amides is 1. The highest BCUT2D eigenvalue weighted by molar-refractivity contribution is 5.77. The molecule has 1 N–H and O–H groups in total. The Hall–Kier alpha value is -2.27. The normalized spacial score (nSPS) is 18.2. The maximum Gasteiger partial charge on any atom is 0.248 e. The van der Waals surface area contributed by atoms with Crippen LogP contribution in [0.1, 0.15) is 18.5 Å². The number of hydrogen-bond acceptors (Lipinski definition) is 3. The molecule has 1 aromatic carbocycles. The molecule has 1 aromatic heterocycles. The number of nitrogens with zero attached hydrogens (tertiary/aromatic N) is 2. The molecule has 2 aliphatic heterocycles. The van der Waals surface area contributed by atoms with E-state index in [-0.39, 0.29) is 18.1 Å². The van der Waals surface area contributed by atoms with Crippen LogP contribution in [0.15, 0.2) is 42.6 Å². The van der Waals surface area contributed by atoms with Crippen molar-refractivity contribution in [3.05, 3.63) is 48.3 Å². The number of ether oxygens (including phenoxy) is 1. The summed E-state index contributed by atoms with van der Waals surface area (Å²) in [6.07, 6.45) is 3.93. The third-order valence-electron chi connectivity index (χ3n) is 5.01. The van der Waals surface area contributed by atoms with Crippen molar-refractivity contribution in [3.63, 3.8) is 0 Å². The Labute approximate surface area is 135 Å². The van der Waals surface area contributed by atoms with Gasteiger partial charge in [-0.2, -0.15) is 0 Å². The molecule has 23 heavy (non-hydrogen) atoms. The van der Waals surface area contributed by atoms with Crippen LogP contribution in [0, 0.1) is 0 Å². The number of likely N-dealkylation sites (tertiary alicyclic amines) is 1. The number of piperidine rings is 1. The lowest BCUT2D eigenvalue weighted by molar-refractivity contribution is -0.136. The molecule has 0 aliphatic carbocycles. The summed E-state index contributed by atoms with van der Waals surface area (Å²) < 4.78 is 7.25. The van der Waals surface area contributed by atoms with E-state index in [4.69, 9.17) is 4.74 Å². The standard InChI is InChI=1S/C18H21N3O2/c1-23-13-17(22)20-11-8-18(9-12-20)16-7-4-10-21(16)15-6-3-2-5-14(15)19-18/h2-7,10,19H,8-9,11-13H2,1H3. The molecule has 4 rings (SSSR count). The number of rotatable bonds is 2. The minimum absolute atomic E-state index is 0.0777. The van der Waals surface area contributed by atoms with Crippen LogP contribution in [-0.4, -0.2) is 42.2 Å². The maximum atomic E-state index is 12.0. The molecule has 1 spiro atoms. The van der Waals surface area contributed by atoms with Crippen molar-refractivity contribution in [1.82, 2.24) is 9.47 Å². The summed E-state index contributed by atoms with van der Waals surface area (Å²) in [5.74, 6) is 0.0777. The predicted molar refractivity (Wildman–Crippen MR) is 88.8 cm³/mol. The molecule has 0 radical (unpaired) electrons. The quantitative estimate of drug-likeness (QED) is 0.926. The first-order valence-corrected chi connectivity index (χ1v) is 8.06. The van der Waals surface area contributed by atoms with Gasteiger partial charge in [0.05, 0.1) is 16.9 Å². The number of aromatic nitrogens is 1. The zero-order valence-corrected chi connectivity index (χ0v) is 13.3. The van der Waals surface area contributed by atoms with E-state index in [1.165, 1.54) is 11.4 Å². The average Bonchev–Trinajstić information content (AvgIpc) is 3.07. The van der Waals surface area contributed by atoms with Crippen molar-refractivity contribution in [2.24, 2.45) is 0 Å². The molecule has 5 heteroatoms. The summed E-state index contributed by atoms with van der Waals surface area (Å²) in [7, 11) is 1.57. The summed E-state index contributed by atoms with van der Waals surface area (Å²) in [6, 6.07) is 12.7. The zero-order chi connectivity index (χ0) is 15.9. The Kier molecular flexibility index (Phi) is 3.38. The second kappa shape index (κ2) is 5.42. The fourth-order valence-corrected chi connectivity index (χ4v) is 3.83. The van der Waals surface area contributed by atoms with Gasteiger partial charge in [-0.15, -0.1) is 0 Å². The zero-order valence-electron chi connectivity index (χ0n) is 13.3. The number of carbonyl (C=O) groups is 1. The molecule has 5 nitrogen and oxygen atoms in total. The van der Waals surface area contributed by atoms with Gasteiger partial charge in [0.1, 0.15) is 6.61 Å². The Balaban J connectivity index is 1.63. The topological polar surface area (TPSA) is 46.5 Å². The summed E-state index contributed by atoms with van der Waals surface area (Å²) in [5, 5.41) is 3.76. The van der Waals surface area contributed by atoms with Crippen molar-refractivity contribution in [2.45, 2.75) is 18.4 Å². The lowest BCUT2D eigenvalue weighted by atomic mass is 9.82. The van der Waals surface area contributed by atoms with E-state index >= 15 is 0 Å². The van der Waals surface area contributed by atoms with Gasteiger partial charge < -0.3 is 19.5 Å². The van der Waals surface area contributed by atoms with Gasteiger partial charge in [0.25, 0.3) is 0 Å². The van der Waals surface area contributed by atoms with E-state index in [1.807, 2.05) is 4.90 Å². The molecular formula is C18H21N3O2. The Bertz CT molecular complexity index is 729. The van der Waals surface area contributed by atoms with Gasteiger partial charge in [0, 0.05) is 32.1 Å². The van der Waals surface area contributed by atoms with Gasteiger partial charge in [0.15, 0.2) is 0 Å². The molecular weight excluding hydrogens is 290 g/mol. The Morgan fingerprint density at radius 3 is 2.78 bits per heavy atom. The van der Waals surface area contributed by atoms with Crippen LogP contribution in [0.2, 0.25) is 0 Å². The SMILES string of the molecule is COCC(=O)N1CCC2(CC1)Nc1ccccc1-n1cccc12. The molecule has 1 saturated heterocycles. The summed E-state index contributed by atoms with van der Waals surface area (Å²) in [4.78, 5) is 13.9. The number of para-hydroxylation sites is 2. The lowest BCUT2D eigenvalue weighted by Gasteiger charge is -2.46. The maximum absolute atomic E-state index is 12.0. The number of anilines is 1. The molecule has 0 atom stereocenters. The number of nitrogens with one attached hydrogen (secondary N) is 1. The number of carbonyl (C=O) groups excluding carboxylic acids is 1. The highest BCUT2D eigenvalue weighted by Gasteiger charge is 2.42. The van der Waals surface area contributed by atoms with Crippen LogP contribution in [-0.2, 0) is 15.1 Å². The van der Waals surface area contributed by atoms with E-state index in [9.17, 15) is 4.79 Å². The number of fused-ring (bicyclic) bond motifs is 4. The van der Waals surface area contributed by atoms with Gasteiger partial charge in [0.2, 0.25) is 5.91 Å². The minimum atomic E-state index is -0.0955. The molecule has 0 bridgehead atoms. The Morgan fingerprint density at radius 1 is 1.22 bits per heavy atom. The van der Waals surface area contributed by atoms with E-state index in [0.717, 1.165) is 31.6 Å². The van der Waals surface area contributed by atoms with E-state index in [1.54, 1.807) is 7.11 Å². The third kappa shape index (κ3) is 2.23. The minimum Gasteiger partial charge on any atom is -0.375 e. The fourth-order valence-electron chi connectivity index (χ4n) is 3.83. The summed E-state index contributed by atoms with van der Waals surface area (Å²) in [6.45, 7) is 1.67. The molecule has 1 amide bonds. The van der Waals surface area contributed by atoms with E-state index in [0.29, 0.717) is 0 Å². The van der Waals surface area contributed by atoms with Crippen LogP contribution < -0.4 is 5.32 Å². The monoisotopic (exact) mass is 311 g/mol. The lowest BCUT2D eigenvalue weighted by Crippen LogP contribution is -2.51. The largest absolute Gasteiger partial charge is 0.375 e. The third-order valence-corrected chi connectivity index (χ3v) is 5.01. The first-order chi connectivity index (χ1) is 11.2.